The average molecular weight is 387 g/mol. The van der Waals surface area contributed by atoms with E-state index in [4.69, 9.17) is 11.6 Å². The summed E-state index contributed by atoms with van der Waals surface area (Å²) in [7, 11) is -3.46. The first-order chi connectivity index (χ1) is 11.7. The first kappa shape index (κ1) is 19.2. The van der Waals surface area contributed by atoms with Crippen LogP contribution in [0.1, 0.15) is 11.7 Å². The van der Waals surface area contributed by atoms with Crippen molar-refractivity contribution in [3.8, 4) is 0 Å². The second-order valence-corrected chi connectivity index (χ2v) is 7.71. The summed E-state index contributed by atoms with van der Waals surface area (Å²) in [6.07, 6.45) is -0.199. The minimum absolute atomic E-state index is 0.00130. The van der Waals surface area contributed by atoms with Crippen LogP contribution in [0.2, 0.25) is 5.02 Å². The van der Waals surface area contributed by atoms with E-state index in [1.165, 1.54) is 36.4 Å². The van der Waals surface area contributed by atoms with Crippen LogP contribution >= 0.6 is 11.6 Å². The quantitative estimate of drug-likeness (QED) is 0.736. The SMILES string of the molecule is CS(=O)(=O)c1ccc(Cl)c(NC(=O)NC[C@H](O)c2ccccc2F)c1. The number of hydrogen-bond acceptors (Lipinski definition) is 4. The molecule has 2 aromatic rings. The minimum Gasteiger partial charge on any atom is -0.386 e. The van der Waals surface area contributed by atoms with E-state index in [-0.39, 0.29) is 27.7 Å². The first-order valence-electron chi connectivity index (χ1n) is 7.15. The Bertz CT molecular complexity index is 889. The lowest BCUT2D eigenvalue weighted by atomic mass is 10.1. The molecule has 3 N–H and O–H groups in total. The predicted molar refractivity (Wildman–Crippen MR) is 92.9 cm³/mol. The molecule has 0 unspecified atom stereocenters. The van der Waals surface area contributed by atoms with Crippen LogP contribution in [0, 0.1) is 5.82 Å². The van der Waals surface area contributed by atoms with E-state index in [0.29, 0.717) is 0 Å². The van der Waals surface area contributed by atoms with E-state index >= 15 is 0 Å². The van der Waals surface area contributed by atoms with Crippen LogP contribution in [0.25, 0.3) is 0 Å². The first-order valence-corrected chi connectivity index (χ1v) is 9.42. The number of rotatable bonds is 5. The molecule has 0 saturated heterocycles. The van der Waals surface area contributed by atoms with Gasteiger partial charge >= 0.3 is 6.03 Å². The van der Waals surface area contributed by atoms with Gasteiger partial charge in [0.2, 0.25) is 0 Å². The molecule has 2 aromatic carbocycles. The average Bonchev–Trinajstić information content (AvgIpc) is 2.54. The van der Waals surface area contributed by atoms with Crippen molar-refractivity contribution in [2.75, 3.05) is 18.1 Å². The highest BCUT2D eigenvalue weighted by atomic mass is 35.5. The zero-order valence-corrected chi connectivity index (χ0v) is 14.7. The summed E-state index contributed by atoms with van der Waals surface area (Å²) in [5, 5.41) is 14.8. The number of amides is 2. The van der Waals surface area contributed by atoms with Crippen LogP contribution in [0.15, 0.2) is 47.4 Å². The number of aliphatic hydroxyl groups is 1. The van der Waals surface area contributed by atoms with Crippen molar-refractivity contribution in [3.63, 3.8) is 0 Å². The standard InChI is InChI=1S/C16H16ClFN2O4S/c1-25(23,24)10-6-7-12(17)14(8-10)20-16(22)19-9-15(21)11-4-2-3-5-13(11)18/h2-8,15,21H,9H2,1H3,(H2,19,20,22)/t15-/m0/s1. The van der Waals surface area contributed by atoms with E-state index in [1.807, 2.05) is 0 Å². The Morgan fingerprint density at radius 2 is 1.96 bits per heavy atom. The van der Waals surface area contributed by atoms with Gasteiger partial charge in [0.25, 0.3) is 0 Å². The maximum Gasteiger partial charge on any atom is 0.319 e. The number of halogens is 2. The predicted octanol–water partition coefficient (Wildman–Crippen LogP) is 2.74. The van der Waals surface area contributed by atoms with Gasteiger partial charge in [0.1, 0.15) is 5.82 Å². The van der Waals surface area contributed by atoms with Gasteiger partial charge in [-0.05, 0) is 24.3 Å². The number of nitrogens with one attached hydrogen (secondary N) is 2. The lowest BCUT2D eigenvalue weighted by molar-refractivity contribution is 0.170. The van der Waals surface area contributed by atoms with Crippen LogP contribution in [0.5, 0.6) is 0 Å². The van der Waals surface area contributed by atoms with Gasteiger partial charge in [0.05, 0.1) is 21.7 Å². The number of hydrogen-bond donors (Lipinski definition) is 3. The molecule has 0 heterocycles. The minimum atomic E-state index is -3.46. The molecule has 0 aliphatic rings. The summed E-state index contributed by atoms with van der Waals surface area (Å²) in [6, 6.07) is 8.85. The van der Waals surface area contributed by atoms with Gasteiger partial charge in [0, 0.05) is 18.4 Å². The largest absolute Gasteiger partial charge is 0.386 e. The third-order valence-electron chi connectivity index (χ3n) is 3.33. The normalized spacial score (nSPS) is 12.5. The van der Waals surface area contributed by atoms with E-state index < -0.39 is 27.8 Å². The fourth-order valence-electron chi connectivity index (χ4n) is 2.04. The van der Waals surface area contributed by atoms with Gasteiger partial charge in [-0.2, -0.15) is 0 Å². The van der Waals surface area contributed by atoms with Crippen molar-refractivity contribution in [1.29, 1.82) is 0 Å². The summed E-state index contributed by atoms with van der Waals surface area (Å²) in [4.78, 5) is 11.9. The Hall–Kier alpha value is -2.16. The number of aliphatic hydroxyl groups excluding tert-OH is 1. The molecule has 25 heavy (non-hydrogen) atoms. The topological polar surface area (TPSA) is 95.5 Å². The summed E-state index contributed by atoms with van der Waals surface area (Å²) in [5.41, 5.74) is 0.155. The fraction of sp³-hybridized carbons (Fsp3) is 0.188. The molecule has 2 rings (SSSR count). The molecule has 2 amide bonds. The van der Waals surface area contributed by atoms with Gasteiger partial charge in [-0.15, -0.1) is 0 Å². The molecular weight excluding hydrogens is 371 g/mol. The maximum atomic E-state index is 13.6. The Kier molecular flexibility index (Phi) is 5.99. The van der Waals surface area contributed by atoms with Gasteiger partial charge in [-0.25, -0.2) is 17.6 Å². The molecule has 0 spiro atoms. The van der Waals surface area contributed by atoms with Gasteiger partial charge in [0.15, 0.2) is 9.84 Å². The fourth-order valence-corrected chi connectivity index (χ4v) is 2.85. The number of anilines is 1. The maximum absolute atomic E-state index is 13.6. The Labute approximate surface area is 149 Å². The second-order valence-electron chi connectivity index (χ2n) is 5.29. The van der Waals surface area contributed by atoms with Gasteiger partial charge in [-0.3, -0.25) is 0 Å². The van der Waals surface area contributed by atoms with E-state index in [2.05, 4.69) is 10.6 Å². The lowest BCUT2D eigenvalue weighted by Gasteiger charge is -2.14. The number of carbonyl (C=O) groups excluding carboxylic acids is 1. The van der Waals surface area contributed by atoms with Gasteiger partial charge < -0.3 is 15.7 Å². The number of benzene rings is 2. The van der Waals surface area contributed by atoms with Crippen molar-refractivity contribution in [2.45, 2.75) is 11.0 Å². The smallest absolute Gasteiger partial charge is 0.319 e. The molecule has 0 aliphatic heterocycles. The molecule has 134 valence electrons. The molecule has 0 radical (unpaired) electrons. The van der Waals surface area contributed by atoms with E-state index in [0.717, 1.165) is 6.26 Å². The highest BCUT2D eigenvalue weighted by molar-refractivity contribution is 7.90. The van der Waals surface area contributed by atoms with E-state index in [9.17, 15) is 22.7 Å². The highest BCUT2D eigenvalue weighted by Gasteiger charge is 2.15. The summed E-state index contributed by atoms with van der Waals surface area (Å²) in [5.74, 6) is -0.582. The molecule has 6 nitrogen and oxygen atoms in total. The summed E-state index contributed by atoms with van der Waals surface area (Å²) in [6.45, 7) is -0.240. The zero-order chi connectivity index (χ0) is 18.6. The van der Waals surface area contributed by atoms with Crippen molar-refractivity contribution in [3.05, 3.63) is 58.9 Å². The van der Waals surface area contributed by atoms with Crippen LogP contribution in [-0.2, 0) is 9.84 Å². The Morgan fingerprint density at radius 1 is 1.28 bits per heavy atom. The third kappa shape index (κ3) is 5.15. The second kappa shape index (κ2) is 7.81. The summed E-state index contributed by atoms with van der Waals surface area (Å²) < 4.78 is 36.6. The molecule has 9 heteroatoms. The van der Waals surface area contributed by atoms with Crippen molar-refractivity contribution in [1.82, 2.24) is 5.32 Å². The van der Waals surface area contributed by atoms with Crippen molar-refractivity contribution < 1.29 is 22.7 Å². The molecule has 0 aliphatic carbocycles. The summed E-state index contributed by atoms with van der Waals surface area (Å²) >= 11 is 5.93. The molecule has 0 aromatic heterocycles. The van der Waals surface area contributed by atoms with Crippen LogP contribution in [0.3, 0.4) is 0 Å². The molecule has 0 bridgehead atoms. The highest BCUT2D eigenvalue weighted by Crippen LogP contribution is 2.25. The number of carbonyl (C=O) groups is 1. The Balaban J connectivity index is 2.02. The van der Waals surface area contributed by atoms with E-state index in [1.54, 1.807) is 6.07 Å². The molecule has 0 saturated carbocycles. The molecular formula is C16H16ClFN2O4S. The molecule has 0 fully saturated rings. The zero-order valence-electron chi connectivity index (χ0n) is 13.2. The lowest BCUT2D eigenvalue weighted by Crippen LogP contribution is -2.32. The van der Waals surface area contributed by atoms with Gasteiger partial charge in [-0.1, -0.05) is 29.8 Å². The number of urea groups is 1. The van der Waals surface area contributed by atoms with Crippen LogP contribution in [-0.4, -0.2) is 32.4 Å². The Morgan fingerprint density at radius 3 is 2.60 bits per heavy atom. The molecule has 1 atom stereocenters. The third-order valence-corrected chi connectivity index (χ3v) is 4.77. The van der Waals surface area contributed by atoms with Crippen LogP contribution in [0.4, 0.5) is 14.9 Å². The van der Waals surface area contributed by atoms with Crippen molar-refractivity contribution in [2.24, 2.45) is 0 Å². The van der Waals surface area contributed by atoms with Crippen LogP contribution < -0.4 is 10.6 Å². The monoisotopic (exact) mass is 386 g/mol. The number of sulfone groups is 1. The van der Waals surface area contributed by atoms with Crippen molar-refractivity contribution >= 4 is 33.2 Å².